The molecule has 0 spiro atoms. The summed E-state index contributed by atoms with van der Waals surface area (Å²) in [5.41, 5.74) is 0. The second-order valence-corrected chi connectivity index (χ2v) is 2.29. The van der Waals surface area contributed by atoms with Crippen LogP contribution in [0, 0.1) is 0 Å². The van der Waals surface area contributed by atoms with Gasteiger partial charge in [0.2, 0.25) is 0 Å². The van der Waals surface area contributed by atoms with Crippen molar-refractivity contribution in [1.82, 2.24) is 10.2 Å². The molecule has 0 unspecified atom stereocenters. The van der Waals surface area contributed by atoms with Crippen LogP contribution < -0.4 is 4.74 Å². The maximum absolute atomic E-state index is 11.6. The number of rotatable bonds is 3. The average molecular weight is 195 g/mol. The third kappa shape index (κ3) is 2.58. The maximum Gasteiger partial charge on any atom is 0.272 e. The summed E-state index contributed by atoms with van der Waals surface area (Å²) >= 11 is 5.54. The predicted octanol–water partition coefficient (Wildman–Crippen LogP) is 1.77. The molecule has 1 rings (SSSR count). The van der Waals surface area contributed by atoms with Gasteiger partial charge in [0.15, 0.2) is 6.61 Å². The molecule has 0 N–H and O–H groups in total. The summed E-state index contributed by atoms with van der Waals surface area (Å²) in [5, 5.41) is 7.00. The van der Waals surface area contributed by atoms with E-state index in [1.54, 1.807) is 0 Å². The zero-order valence-corrected chi connectivity index (χ0v) is 6.63. The molecule has 6 heteroatoms. The first-order valence-corrected chi connectivity index (χ1v) is 3.46. The fourth-order valence-electron chi connectivity index (χ4n) is 0.543. The Labute approximate surface area is 72.3 Å². The van der Waals surface area contributed by atoms with E-state index in [1.165, 1.54) is 12.3 Å². The summed E-state index contributed by atoms with van der Waals surface area (Å²) in [7, 11) is 0. The fraction of sp³-hybridized carbons (Fsp3) is 0.333. The minimum atomic E-state index is -2.54. The molecule has 0 bridgehead atoms. The second kappa shape index (κ2) is 4.15. The molecule has 0 amide bonds. The second-order valence-electron chi connectivity index (χ2n) is 1.89. The van der Waals surface area contributed by atoms with Crippen LogP contribution in [0.3, 0.4) is 0 Å². The van der Waals surface area contributed by atoms with Crippen LogP contribution in [-0.2, 0) is 0 Å². The molecule has 1 heterocycles. The summed E-state index contributed by atoms with van der Waals surface area (Å²) in [6, 6.07) is 1.41. The van der Waals surface area contributed by atoms with Crippen LogP contribution in [0.5, 0.6) is 5.88 Å². The third-order valence-electron chi connectivity index (χ3n) is 0.986. The monoisotopic (exact) mass is 194 g/mol. The Morgan fingerprint density at radius 1 is 1.58 bits per heavy atom. The summed E-state index contributed by atoms with van der Waals surface area (Å²) in [6.45, 7) is -0.724. The van der Waals surface area contributed by atoms with E-state index >= 15 is 0 Å². The standard InChI is InChI=1S/C6H5ClF2N2O/c7-4-1-2-10-11-6(4)12-3-5(8)9/h1-2,5H,3H2. The van der Waals surface area contributed by atoms with Crippen LogP contribution >= 0.6 is 11.6 Å². The Morgan fingerprint density at radius 3 is 2.92 bits per heavy atom. The van der Waals surface area contributed by atoms with E-state index in [4.69, 9.17) is 11.6 Å². The number of aromatic nitrogens is 2. The zero-order valence-electron chi connectivity index (χ0n) is 5.88. The zero-order chi connectivity index (χ0) is 8.97. The van der Waals surface area contributed by atoms with Gasteiger partial charge < -0.3 is 4.74 Å². The molecule has 0 saturated carbocycles. The van der Waals surface area contributed by atoms with E-state index < -0.39 is 13.0 Å². The molecule has 66 valence electrons. The number of hydrogen-bond donors (Lipinski definition) is 0. The Hall–Kier alpha value is -0.970. The molecule has 0 aliphatic carbocycles. The smallest absolute Gasteiger partial charge is 0.272 e. The molecule has 0 atom stereocenters. The highest BCUT2D eigenvalue weighted by atomic mass is 35.5. The first-order chi connectivity index (χ1) is 5.70. The van der Waals surface area contributed by atoms with Gasteiger partial charge in [-0.1, -0.05) is 11.6 Å². The minimum absolute atomic E-state index is 0.0699. The minimum Gasteiger partial charge on any atom is -0.469 e. The molecular weight excluding hydrogens is 190 g/mol. The van der Waals surface area contributed by atoms with Crippen LogP contribution in [0.4, 0.5) is 8.78 Å². The number of hydrogen-bond acceptors (Lipinski definition) is 3. The van der Waals surface area contributed by atoms with Crippen LogP contribution in [0.2, 0.25) is 5.02 Å². The van der Waals surface area contributed by atoms with Crippen molar-refractivity contribution in [2.45, 2.75) is 6.43 Å². The predicted molar refractivity (Wildman–Crippen MR) is 38.5 cm³/mol. The topological polar surface area (TPSA) is 35.0 Å². The molecule has 1 aromatic heterocycles. The van der Waals surface area contributed by atoms with Gasteiger partial charge in [0.05, 0.1) is 6.20 Å². The third-order valence-corrected chi connectivity index (χ3v) is 1.27. The van der Waals surface area contributed by atoms with Gasteiger partial charge in [-0.25, -0.2) is 8.78 Å². The molecule has 0 aromatic carbocycles. The van der Waals surface area contributed by atoms with Gasteiger partial charge in [0.1, 0.15) is 5.02 Å². The lowest BCUT2D eigenvalue weighted by Gasteiger charge is -2.03. The van der Waals surface area contributed by atoms with Crippen molar-refractivity contribution in [1.29, 1.82) is 0 Å². The van der Waals surface area contributed by atoms with E-state index in [1.807, 2.05) is 0 Å². The molecule has 0 aliphatic heterocycles. The number of ether oxygens (including phenoxy) is 1. The van der Waals surface area contributed by atoms with Crippen LogP contribution in [-0.4, -0.2) is 23.2 Å². The van der Waals surface area contributed by atoms with Crippen molar-refractivity contribution >= 4 is 11.6 Å². The van der Waals surface area contributed by atoms with Gasteiger partial charge in [-0.15, -0.1) is 5.10 Å². The summed E-state index contributed by atoms with van der Waals surface area (Å²) in [5.74, 6) is -0.0699. The normalized spacial score (nSPS) is 10.3. The molecular formula is C6H5ClF2N2O. The number of halogens is 3. The first kappa shape index (κ1) is 9.12. The Kier molecular flexibility index (Phi) is 3.16. The molecule has 0 saturated heterocycles. The van der Waals surface area contributed by atoms with Gasteiger partial charge in [-0.2, -0.15) is 5.10 Å². The lowest BCUT2D eigenvalue weighted by Crippen LogP contribution is -2.08. The van der Waals surface area contributed by atoms with E-state index in [2.05, 4.69) is 14.9 Å². The summed E-state index contributed by atoms with van der Waals surface area (Å²) < 4.78 is 27.8. The quantitative estimate of drug-likeness (QED) is 0.736. The van der Waals surface area contributed by atoms with Crippen LogP contribution in [0.15, 0.2) is 12.3 Å². The Bertz CT molecular complexity index is 259. The highest BCUT2D eigenvalue weighted by molar-refractivity contribution is 6.31. The van der Waals surface area contributed by atoms with Crippen molar-refractivity contribution in [3.8, 4) is 5.88 Å². The van der Waals surface area contributed by atoms with Gasteiger partial charge in [0.25, 0.3) is 12.3 Å². The largest absolute Gasteiger partial charge is 0.469 e. The van der Waals surface area contributed by atoms with Crippen molar-refractivity contribution in [3.63, 3.8) is 0 Å². The van der Waals surface area contributed by atoms with Gasteiger partial charge in [-0.05, 0) is 6.07 Å². The Balaban J connectivity index is 2.57. The lowest BCUT2D eigenvalue weighted by molar-refractivity contribution is 0.0791. The lowest BCUT2D eigenvalue weighted by atomic mass is 10.5. The summed E-state index contributed by atoms with van der Waals surface area (Å²) in [6.07, 6.45) is -1.19. The SMILES string of the molecule is FC(F)COc1nnccc1Cl. The van der Waals surface area contributed by atoms with Crippen molar-refractivity contribution < 1.29 is 13.5 Å². The van der Waals surface area contributed by atoms with Crippen LogP contribution in [0.25, 0.3) is 0 Å². The molecule has 0 radical (unpaired) electrons. The number of nitrogens with zero attached hydrogens (tertiary/aromatic N) is 2. The van der Waals surface area contributed by atoms with Crippen molar-refractivity contribution in [3.05, 3.63) is 17.3 Å². The van der Waals surface area contributed by atoms with Crippen LogP contribution in [0.1, 0.15) is 0 Å². The van der Waals surface area contributed by atoms with Gasteiger partial charge >= 0.3 is 0 Å². The van der Waals surface area contributed by atoms with E-state index in [9.17, 15) is 8.78 Å². The number of alkyl halides is 2. The first-order valence-electron chi connectivity index (χ1n) is 3.08. The Morgan fingerprint density at radius 2 is 2.33 bits per heavy atom. The van der Waals surface area contributed by atoms with Crippen molar-refractivity contribution in [2.75, 3.05) is 6.61 Å². The molecule has 0 fully saturated rings. The highest BCUT2D eigenvalue weighted by Crippen LogP contribution is 2.19. The van der Waals surface area contributed by atoms with Gasteiger partial charge in [-0.3, -0.25) is 0 Å². The van der Waals surface area contributed by atoms with E-state index in [0.29, 0.717) is 0 Å². The molecule has 12 heavy (non-hydrogen) atoms. The van der Waals surface area contributed by atoms with E-state index in [0.717, 1.165) is 0 Å². The highest BCUT2D eigenvalue weighted by Gasteiger charge is 2.07. The molecule has 0 aliphatic rings. The van der Waals surface area contributed by atoms with Crippen molar-refractivity contribution in [2.24, 2.45) is 0 Å². The maximum atomic E-state index is 11.6. The average Bonchev–Trinajstić information content (AvgIpc) is 2.03. The summed E-state index contributed by atoms with van der Waals surface area (Å²) in [4.78, 5) is 0. The molecule has 3 nitrogen and oxygen atoms in total. The molecule has 1 aromatic rings. The fourth-order valence-corrected chi connectivity index (χ4v) is 0.692. The van der Waals surface area contributed by atoms with E-state index in [-0.39, 0.29) is 10.9 Å². The van der Waals surface area contributed by atoms with Gasteiger partial charge in [0, 0.05) is 0 Å².